The molecule has 0 aromatic heterocycles. The molecule has 2 bridgehead atoms. The molecule has 2 saturated carbocycles. The summed E-state index contributed by atoms with van der Waals surface area (Å²) < 4.78 is 30.0. The fourth-order valence-corrected chi connectivity index (χ4v) is 6.00. The van der Waals surface area contributed by atoms with E-state index in [1.165, 1.54) is 60.6 Å². The SMILES string of the molecule is Cc1cc(Cl)ccc1S(=O)(=O)O.c1ccc(C(=C2C3CCC2CC3)c2ccccc2)cc1. The number of halogens is 1. The maximum Gasteiger partial charge on any atom is 0.294 e. The van der Waals surface area contributed by atoms with Crippen LogP contribution in [0.2, 0.25) is 5.02 Å². The van der Waals surface area contributed by atoms with Gasteiger partial charge in [-0.05, 0) is 84.9 Å². The Morgan fingerprint density at radius 1 is 0.812 bits per heavy atom. The second-order valence-corrected chi connectivity index (χ2v) is 10.3. The third-order valence-electron chi connectivity index (χ3n) is 6.44. The lowest BCUT2D eigenvalue weighted by Crippen LogP contribution is -2.00. The van der Waals surface area contributed by atoms with E-state index >= 15 is 0 Å². The molecule has 0 heterocycles. The van der Waals surface area contributed by atoms with Crippen molar-refractivity contribution in [3.8, 4) is 0 Å². The van der Waals surface area contributed by atoms with Gasteiger partial charge in [0, 0.05) is 5.02 Å². The van der Waals surface area contributed by atoms with Crippen LogP contribution < -0.4 is 0 Å². The van der Waals surface area contributed by atoms with Crippen molar-refractivity contribution in [1.29, 1.82) is 0 Å². The number of hydrogen-bond donors (Lipinski definition) is 1. The Balaban J connectivity index is 0.000000176. The van der Waals surface area contributed by atoms with Gasteiger partial charge in [0.25, 0.3) is 10.1 Å². The fourth-order valence-electron chi connectivity index (χ4n) is 5.07. The Labute approximate surface area is 195 Å². The molecule has 2 aliphatic carbocycles. The molecule has 3 aromatic carbocycles. The normalized spacial score (nSPS) is 19.4. The summed E-state index contributed by atoms with van der Waals surface area (Å²) in [6.45, 7) is 1.56. The summed E-state index contributed by atoms with van der Waals surface area (Å²) in [4.78, 5) is -0.105. The minimum atomic E-state index is -4.11. The van der Waals surface area contributed by atoms with Crippen molar-refractivity contribution in [3.63, 3.8) is 0 Å². The van der Waals surface area contributed by atoms with Gasteiger partial charge in [-0.2, -0.15) is 8.42 Å². The van der Waals surface area contributed by atoms with E-state index in [0.29, 0.717) is 10.6 Å². The standard InChI is InChI=1S/C20H20.C7H7ClO3S/c1-3-7-15(8-4-1)19(16-9-5-2-6-10-16)20-17-11-12-18(20)14-13-17;1-5-4-6(8)2-3-7(5)12(9,10)11/h1-10,17-18H,11-14H2;2-4H,1H3,(H,9,10,11). The molecular formula is C27H27ClO3S. The average molecular weight is 467 g/mol. The smallest absolute Gasteiger partial charge is 0.282 e. The van der Waals surface area contributed by atoms with Crippen molar-refractivity contribution in [3.05, 3.63) is 106 Å². The summed E-state index contributed by atoms with van der Waals surface area (Å²) in [6, 6.07) is 26.1. The molecule has 32 heavy (non-hydrogen) atoms. The summed E-state index contributed by atoms with van der Waals surface area (Å²) in [5.41, 5.74) is 6.50. The van der Waals surface area contributed by atoms with Crippen LogP contribution in [-0.2, 0) is 10.1 Å². The lowest BCUT2D eigenvalue weighted by molar-refractivity contribution is 0.480. The average Bonchev–Trinajstić information content (AvgIpc) is 3.35. The zero-order valence-corrected chi connectivity index (χ0v) is 19.6. The number of allylic oxidation sites excluding steroid dienone is 1. The minimum Gasteiger partial charge on any atom is -0.282 e. The Hall–Kier alpha value is -2.40. The highest BCUT2D eigenvalue weighted by atomic mass is 35.5. The van der Waals surface area contributed by atoms with Gasteiger partial charge in [-0.3, -0.25) is 4.55 Å². The van der Waals surface area contributed by atoms with Gasteiger partial charge in [-0.15, -0.1) is 0 Å². The summed E-state index contributed by atoms with van der Waals surface area (Å²) in [7, 11) is -4.11. The molecule has 0 amide bonds. The maximum atomic E-state index is 10.7. The predicted octanol–water partition coefficient (Wildman–Crippen LogP) is 7.20. The lowest BCUT2D eigenvalue weighted by atomic mass is 9.88. The van der Waals surface area contributed by atoms with Gasteiger partial charge in [0.05, 0.1) is 4.90 Å². The van der Waals surface area contributed by atoms with E-state index in [0.717, 1.165) is 11.8 Å². The van der Waals surface area contributed by atoms with E-state index in [-0.39, 0.29) is 4.90 Å². The van der Waals surface area contributed by atoms with Crippen molar-refractivity contribution in [2.75, 3.05) is 0 Å². The summed E-state index contributed by atoms with van der Waals surface area (Å²) >= 11 is 5.59. The molecule has 3 nitrogen and oxygen atoms in total. The molecule has 0 atom stereocenters. The predicted molar refractivity (Wildman–Crippen MR) is 130 cm³/mol. The second-order valence-electron chi connectivity index (χ2n) is 8.50. The molecule has 5 rings (SSSR count). The molecule has 0 unspecified atom stereocenters. The summed E-state index contributed by atoms with van der Waals surface area (Å²) in [6.07, 6.45) is 5.62. The highest BCUT2D eigenvalue weighted by Crippen LogP contribution is 2.52. The third kappa shape index (κ3) is 4.98. The van der Waals surface area contributed by atoms with Gasteiger partial charge in [0.2, 0.25) is 0 Å². The van der Waals surface area contributed by atoms with Crippen molar-refractivity contribution >= 4 is 27.3 Å². The fraction of sp³-hybridized carbons (Fsp3) is 0.259. The number of rotatable bonds is 3. The van der Waals surface area contributed by atoms with E-state index in [1.807, 2.05) is 0 Å². The van der Waals surface area contributed by atoms with Crippen LogP contribution in [0.3, 0.4) is 0 Å². The van der Waals surface area contributed by atoms with Gasteiger partial charge in [0.1, 0.15) is 0 Å². The van der Waals surface area contributed by atoms with Crippen LogP contribution in [-0.4, -0.2) is 13.0 Å². The molecule has 3 aromatic rings. The molecule has 2 fully saturated rings. The van der Waals surface area contributed by atoms with Crippen LogP contribution >= 0.6 is 11.6 Å². The van der Waals surface area contributed by atoms with E-state index in [1.54, 1.807) is 12.5 Å². The molecule has 0 radical (unpaired) electrons. The molecular weight excluding hydrogens is 440 g/mol. The largest absolute Gasteiger partial charge is 0.294 e. The minimum absolute atomic E-state index is 0.105. The van der Waals surface area contributed by atoms with Gasteiger partial charge >= 0.3 is 0 Å². The Morgan fingerprint density at radius 3 is 1.69 bits per heavy atom. The molecule has 166 valence electrons. The first-order valence-electron chi connectivity index (χ1n) is 10.9. The van der Waals surface area contributed by atoms with E-state index < -0.39 is 10.1 Å². The molecule has 0 spiro atoms. The first-order valence-corrected chi connectivity index (χ1v) is 12.7. The van der Waals surface area contributed by atoms with Gasteiger partial charge in [-0.25, -0.2) is 0 Å². The van der Waals surface area contributed by atoms with Crippen LogP contribution in [0.1, 0.15) is 42.4 Å². The van der Waals surface area contributed by atoms with Crippen LogP contribution in [0, 0.1) is 18.8 Å². The highest BCUT2D eigenvalue weighted by molar-refractivity contribution is 7.85. The molecule has 0 saturated heterocycles. The molecule has 1 N–H and O–H groups in total. The first kappa shape index (κ1) is 22.8. The van der Waals surface area contributed by atoms with Gasteiger partial charge < -0.3 is 0 Å². The number of benzene rings is 3. The lowest BCUT2D eigenvalue weighted by Gasteiger charge is -2.16. The number of fused-ring (bicyclic) bond motifs is 2. The van der Waals surface area contributed by atoms with Crippen molar-refractivity contribution in [1.82, 2.24) is 0 Å². The first-order chi connectivity index (χ1) is 15.3. The maximum absolute atomic E-state index is 10.7. The monoisotopic (exact) mass is 466 g/mol. The topological polar surface area (TPSA) is 54.4 Å². The van der Waals surface area contributed by atoms with Crippen molar-refractivity contribution in [2.45, 2.75) is 37.5 Å². The van der Waals surface area contributed by atoms with Crippen LogP contribution in [0.15, 0.2) is 89.3 Å². The van der Waals surface area contributed by atoms with E-state index in [9.17, 15) is 8.42 Å². The molecule has 5 heteroatoms. The number of aryl methyl sites for hydroxylation is 1. The Bertz CT molecular complexity index is 1150. The van der Waals surface area contributed by atoms with Gasteiger partial charge in [0.15, 0.2) is 0 Å². The van der Waals surface area contributed by atoms with Crippen LogP contribution in [0.4, 0.5) is 0 Å². The molecule has 0 aliphatic heterocycles. The zero-order chi connectivity index (χ0) is 22.7. The second kappa shape index (κ2) is 9.62. The third-order valence-corrected chi connectivity index (χ3v) is 7.68. The highest BCUT2D eigenvalue weighted by Gasteiger charge is 2.38. The number of hydrogen-bond acceptors (Lipinski definition) is 2. The van der Waals surface area contributed by atoms with Gasteiger partial charge in [-0.1, -0.05) is 77.8 Å². The van der Waals surface area contributed by atoms with Crippen molar-refractivity contribution < 1.29 is 13.0 Å². The summed E-state index contributed by atoms with van der Waals surface area (Å²) in [5.74, 6) is 1.69. The summed E-state index contributed by atoms with van der Waals surface area (Å²) in [5, 5.41) is 0.444. The Kier molecular flexibility index (Phi) is 6.85. The van der Waals surface area contributed by atoms with Crippen LogP contribution in [0.5, 0.6) is 0 Å². The quantitative estimate of drug-likeness (QED) is 0.415. The Morgan fingerprint density at radius 2 is 1.28 bits per heavy atom. The zero-order valence-electron chi connectivity index (χ0n) is 18.0. The molecule has 2 aliphatic rings. The van der Waals surface area contributed by atoms with Crippen molar-refractivity contribution in [2.24, 2.45) is 11.8 Å². The van der Waals surface area contributed by atoms with Crippen LogP contribution in [0.25, 0.3) is 5.57 Å². The van der Waals surface area contributed by atoms with E-state index in [4.69, 9.17) is 16.2 Å². The van der Waals surface area contributed by atoms with E-state index in [2.05, 4.69) is 60.7 Å².